The predicted molar refractivity (Wildman–Crippen MR) is 107 cm³/mol. The Balaban J connectivity index is 1.61. The SMILES string of the molecule is Cc1ccc(NC(=O)[C@@H](C)Sc2ccc(S(=O)(=O)N3CCCC3)cn2)cc1. The lowest BCUT2D eigenvalue weighted by Crippen LogP contribution is -2.28. The molecule has 6 nitrogen and oxygen atoms in total. The maximum absolute atomic E-state index is 12.5. The molecule has 2 aromatic rings. The fourth-order valence-corrected chi connectivity index (χ4v) is 5.03. The summed E-state index contributed by atoms with van der Waals surface area (Å²) < 4.78 is 26.5. The molecular weight excluding hydrogens is 382 g/mol. The van der Waals surface area contributed by atoms with E-state index in [0.717, 1.165) is 24.1 Å². The van der Waals surface area contributed by atoms with Crippen LogP contribution in [0.5, 0.6) is 0 Å². The molecular formula is C19H23N3O3S2. The summed E-state index contributed by atoms with van der Waals surface area (Å²) in [5.41, 5.74) is 1.88. The largest absolute Gasteiger partial charge is 0.325 e. The van der Waals surface area contributed by atoms with Crippen molar-refractivity contribution < 1.29 is 13.2 Å². The molecule has 1 aliphatic rings. The van der Waals surface area contributed by atoms with E-state index in [1.54, 1.807) is 19.1 Å². The Hall–Kier alpha value is -1.90. The highest BCUT2D eigenvalue weighted by Crippen LogP contribution is 2.25. The van der Waals surface area contributed by atoms with Gasteiger partial charge in [-0.3, -0.25) is 4.79 Å². The van der Waals surface area contributed by atoms with E-state index >= 15 is 0 Å². The number of rotatable bonds is 6. The predicted octanol–water partition coefficient (Wildman–Crippen LogP) is 3.29. The van der Waals surface area contributed by atoms with E-state index in [-0.39, 0.29) is 16.1 Å². The number of benzene rings is 1. The highest BCUT2D eigenvalue weighted by Gasteiger charge is 2.27. The van der Waals surface area contributed by atoms with E-state index < -0.39 is 10.0 Å². The smallest absolute Gasteiger partial charge is 0.244 e. The third-order valence-corrected chi connectivity index (χ3v) is 7.33. The third kappa shape index (κ3) is 4.88. The molecule has 27 heavy (non-hydrogen) atoms. The lowest BCUT2D eigenvalue weighted by Gasteiger charge is -2.15. The lowest BCUT2D eigenvalue weighted by atomic mass is 10.2. The fourth-order valence-electron chi connectivity index (χ4n) is 2.78. The number of aryl methyl sites for hydroxylation is 1. The van der Waals surface area contributed by atoms with E-state index in [9.17, 15) is 13.2 Å². The number of nitrogens with zero attached hydrogens (tertiary/aromatic N) is 2. The summed E-state index contributed by atoms with van der Waals surface area (Å²) >= 11 is 1.29. The van der Waals surface area contributed by atoms with Crippen LogP contribution < -0.4 is 5.32 Å². The van der Waals surface area contributed by atoms with Gasteiger partial charge in [-0.1, -0.05) is 29.5 Å². The van der Waals surface area contributed by atoms with Gasteiger partial charge in [-0.05, 0) is 51.0 Å². The molecule has 0 unspecified atom stereocenters. The van der Waals surface area contributed by atoms with Crippen LogP contribution >= 0.6 is 11.8 Å². The Bertz CT molecular complexity index is 891. The van der Waals surface area contributed by atoms with Gasteiger partial charge in [0.1, 0.15) is 4.90 Å². The zero-order chi connectivity index (χ0) is 19.4. The van der Waals surface area contributed by atoms with Crippen molar-refractivity contribution in [2.75, 3.05) is 18.4 Å². The lowest BCUT2D eigenvalue weighted by molar-refractivity contribution is -0.115. The van der Waals surface area contributed by atoms with Crippen LogP contribution in [0.2, 0.25) is 0 Å². The van der Waals surface area contributed by atoms with Gasteiger partial charge in [-0.2, -0.15) is 4.31 Å². The Kier molecular flexibility index (Phi) is 6.18. The minimum Gasteiger partial charge on any atom is -0.325 e. The zero-order valence-corrected chi connectivity index (χ0v) is 17.0. The summed E-state index contributed by atoms with van der Waals surface area (Å²) in [6, 6.07) is 10.8. The standard InChI is InChI=1S/C19H23N3O3S2/c1-14-5-7-16(8-6-14)21-19(23)15(2)26-18-10-9-17(13-20-18)27(24,25)22-11-3-4-12-22/h5-10,13,15H,3-4,11-12H2,1-2H3,(H,21,23)/t15-/m1/s1. The Morgan fingerprint density at radius 1 is 1.15 bits per heavy atom. The number of amides is 1. The summed E-state index contributed by atoms with van der Waals surface area (Å²) in [6.45, 7) is 4.91. The van der Waals surface area contributed by atoms with Crippen molar-refractivity contribution in [2.45, 2.75) is 41.9 Å². The first-order valence-electron chi connectivity index (χ1n) is 8.86. The Labute approximate surface area is 164 Å². The summed E-state index contributed by atoms with van der Waals surface area (Å²) in [5.74, 6) is -0.126. The molecule has 0 spiro atoms. The van der Waals surface area contributed by atoms with Crippen LogP contribution in [0.25, 0.3) is 0 Å². The van der Waals surface area contributed by atoms with Crippen molar-refractivity contribution in [1.29, 1.82) is 0 Å². The van der Waals surface area contributed by atoms with Crippen molar-refractivity contribution >= 4 is 33.4 Å². The van der Waals surface area contributed by atoms with E-state index in [1.807, 2.05) is 31.2 Å². The molecule has 0 aliphatic carbocycles. The van der Waals surface area contributed by atoms with Gasteiger partial charge in [0.05, 0.1) is 10.3 Å². The van der Waals surface area contributed by atoms with E-state index in [1.165, 1.54) is 22.3 Å². The van der Waals surface area contributed by atoms with Crippen molar-refractivity contribution in [2.24, 2.45) is 0 Å². The van der Waals surface area contributed by atoms with Gasteiger partial charge < -0.3 is 5.32 Å². The van der Waals surface area contributed by atoms with Gasteiger partial charge in [-0.25, -0.2) is 13.4 Å². The molecule has 1 atom stereocenters. The molecule has 1 aliphatic heterocycles. The van der Waals surface area contributed by atoms with E-state index in [0.29, 0.717) is 18.1 Å². The summed E-state index contributed by atoms with van der Waals surface area (Å²) in [6.07, 6.45) is 3.17. The summed E-state index contributed by atoms with van der Waals surface area (Å²) in [5, 5.41) is 3.12. The normalized spacial score (nSPS) is 16.2. The quantitative estimate of drug-likeness (QED) is 0.746. The second kappa shape index (κ2) is 8.41. The minimum absolute atomic E-state index is 0.126. The van der Waals surface area contributed by atoms with Crippen LogP contribution in [0.15, 0.2) is 52.5 Å². The maximum atomic E-state index is 12.5. The third-order valence-electron chi connectivity index (χ3n) is 4.40. The average Bonchev–Trinajstić information content (AvgIpc) is 3.19. The topological polar surface area (TPSA) is 79.4 Å². The van der Waals surface area contributed by atoms with Crippen LogP contribution in [-0.4, -0.2) is 42.0 Å². The Morgan fingerprint density at radius 3 is 2.41 bits per heavy atom. The van der Waals surface area contributed by atoms with Gasteiger partial charge in [0, 0.05) is 25.0 Å². The number of carbonyl (C=O) groups excluding carboxylic acids is 1. The first kappa shape index (κ1) is 19.9. The number of pyridine rings is 1. The summed E-state index contributed by atoms with van der Waals surface area (Å²) in [7, 11) is -3.46. The molecule has 144 valence electrons. The number of hydrogen-bond acceptors (Lipinski definition) is 5. The van der Waals surface area contributed by atoms with Crippen LogP contribution in [0.3, 0.4) is 0 Å². The number of thioether (sulfide) groups is 1. The maximum Gasteiger partial charge on any atom is 0.244 e. The minimum atomic E-state index is -3.46. The molecule has 1 fully saturated rings. The number of aromatic nitrogens is 1. The Morgan fingerprint density at radius 2 is 1.81 bits per heavy atom. The van der Waals surface area contributed by atoms with Gasteiger partial charge in [-0.15, -0.1) is 0 Å². The molecule has 1 N–H and O–H groups in total. The van der Waals surface area contributed by atoms with Crippen molar-refractivity contribution in [1.82, 2.24) is 9.29 Å². The molecule has 0 saturated carbocycles. The fraction of sp³-hybridized carbons (Fsp3) is 0.368. The highest BCUT2D eigenvalue weighted by atomic mass is 32.2. The molecule has 1 aromatic heterocycles. The number of carbonyl (C=O) groups is 1. The molecule has 1 aromatic carbocycles. The number of hydrogen-bond donors (Lipinski definition) is 1. The van der Waals surface area contributed by atoms with Crippen LogP contribution in [0, 0.1) is 6.92 Å². The molecule has 8 heteroatoms. The number of anilines is 1. The van der Waals surface area contributed by atoms with Crippen LogP contribution in [0.1, 0.15) is 25.3 Å². The molecule has 1 saturated heterocycles. The monoisotopic (exact) mass is 405 g/mol. The first-order valence-corrected chi connectivity index (χ1v) is 11.2. The van der Waals surface area contributed by atoms with E-state index in [4.69, 9.17) is 0 Å². The molecule has 1 amide bonds. The van der Waals surface area contributed by atoms with Crippen LogP contribution in [-0.2, 0) is 14.8 Å². The zero-order valence-electron chi connectivity index (χ0n) is 15.4. The van der Waals surface area contributed by atoms with Gasteiger partial charge in [0.15, 0.2) is 0 Å². The van der Waals surface area contributed by atoms with Crippen molar-refractivity contribution in [3.05, 3.63) is 48.2 Å². The van der Waals surface area contributed by atoms with Crippen molar-refractivity contribution in [3.8, 4) is 0 Å². The first-order chi connectivity index (χ1) is 12.9. The van der Waals surface area contributed by atoms with Crippen LogP contribution in [0.4, 0.5) is 5.69 Å². The molecule has 0 radical (unpaired) electrons. The van der Waals surface area contributed by atoms with Gasteiger partial charge >= 0.3 is 0 Å². The molecule has 3 rings (SSSR count). The average molecular weight is 406 g/mol. The molecule has 2 heterocycles. The highest BCUT2D eigenvalue weighted by molar-refractivity contribution is 8.00. The second-order valence-electron chi connectivity index (χ2n) is 6.56. The second-order valence-corrected chi connectivity index (χ2v) is 9.86. The van der Waals surface area contributed by atoms with Gasteiger partial charge in [0.25, 0.3) is 0 Å². The molecule has 0 bridgehead atoms. The number of sulfonamides is 1. The van der Waals surface area contributed by atoms with E-state index in [2.05, 4.69) is 10.3 Å². The summed E-state index contributed by atoms with van der Waals surface area (Å²) in [4.78, 5) is 16.8. The van der Waals surface area contributed by atoms with Gasteiger partial charge in [0.2, 0.25) is 15.9 Å². The number of nitrogens with one attached hydrogen (secondary N) is 1. The van der Waals surface area contributed by atoms with Crippen molar-refractivity contribution in [3.63, 3.8) is 0 Å².